The van der Waals surface area contributed by atoms with Crippen molar-refractivity contribution in [3.63, 3.8) is 0 Å². The molecule has 0 aliphatic heterocycles. The molecule has 0 aromatic heterocycles. The lowest BCUT2D eigenvalue weighted by Crippen LogP contribution is -2.55. The Labute approximate surface area is 105 Å². The van der Waals surface area contributed by atoms with Gasteiger partial charge in [-0.25, -0.2) is 0 Å². The van der Waals surface area contributed by atoms with Gasteiger partial charge in [0.15, 0.2) is 0 Å². The highest BCUT2D eigenvalue weighted by Gasteiger charge is 2.42. The summed E-state index contributed by atoms with van der Waals surface area (Å²) in [7, 11) is 2.26. The number of aryl methyl sites for hydroxylation is 1. The summed E-state index contributed by atoms with van der Waals surface area (Å²) in [5.41, 5.74) is 1.27. The van der Waals surface area contributed by atoms with Crippen LogP contribution in [-0.4, -0.2) is 30.1 Å². The topological polar surface area (TPSA) is 27.7 Å². The molecule has 0 unspecified atom stereocenters. The minimum absolute atomic E-state index is 1.04. The summed E-state index contributed by atoms with van der Waals surface area (Å²) < 4.78 is 16.6. The maximum Gasteiger partial charge on any atom is 0.536 e. The third-order valence-corrected chi connectivity index (χ3v) is 5.71. The van der Waals surface area contributed by atoms with E-state index in [2.05, 4.69) is 19.1 Å². The third-order valence-electron chi connectivity index (χ3n) is 2.95. The Kier molecular flexibility index (Phi) is 5.84. The zero-order valence-electron chi connectivity index (χ0n) is 11.2. The monoisotopic (exact) mass is 254 g/mol. The minimum atomic E-state index is -2.69. The van der Waals surface area contributed by atoms with Crippen LogP contribution in [0.5, 0.6) is 0 Å². The quantitative estimate of drug-likeness (QED) is 0.698. The van der Waals surface area contributed by atoms with Gasteiger partial charge in [0.1, 0.15) is 0 Å². The third kappa shape index (κ3) is 3.16. The average molecular weight is 254 g/mol. The van der Waals surface area contributed by atoms with E-state index in [4.69, 9.17) is 13.3 Å². The van der Waals surface area contributed by atoms with Crippen LogP contribution in [0.1, 0.15) is 25.3 Å². The number of hydrogen-bond acceptors (Lipinski definition) is 3. The van der Waals surface area contributed by atoms with E-state index in [0.717, 1.165) is 11.6 Å². The SMILES string of the molecule is CCCCc1ccccc1[Si](OC)(OC)OC. The smallest absolute Gasteiger partial charge is 0.373 e. The van der Waals surface area contributed by atoms with E-state index in [1.807, 2.05) is 12.1 Å². The molecule has 0 heterocycles. The largest absolute Gasteiger partial charge is 0.536 e. The molecule has 17 heavy (non-hydrogen) atoms. The summed E-state index contributed by atoms with van der Waals surface area (Å²) in [5, 5.41) is 1.08. The van der Waals surface area contributed by atoms with Gasteiger partial charge in [-0.3, -0.25) is 0 Å². The van der Waals surface area contributed by atoms with E-state index in [0.29, 0.717) is 0 Å². The molecule has 0 aliphatic rings. The molecule has 0 atom stereocenters. The molecule has 1 rings (SSSR count). The second-order valence-electron chi connectivity index (χ2n) is 3.93. The van der Waals surface area contributed by atoms with E-state index in [1.54, 1.807) is 21.3 Å². The van der Waals surface area contributed by atoms with E-state index in [1.165, 1.54) is 18.4 Å². The Balaban J connectivity index is 3.09. The van der Waals surface area contributed by atoms with Gasteiger partial charge in [-0.05, 0) is 18.4 Å². The highest BCUT2D eigenvalue weighted by molar-refractivity contribution is 6.75. The molecule has 0 N–H and O–H groups in total. The molecular formula is C13H22O3Si. The first-order chi connectivity index (χ1) is 8.24. The summed E-state index contributed by atoms with van der Waals surface area (Å²) in [6.45, 7) is 2.19. The van der Waals surface area contributed by atoms with E-state index in [-0.39, 0.29) is 0 Å². The molecule has 1 aromatic rings. The van der Waals surface area contributed by atoms with Crippen molar-refractivity contribution < 1.29 is 13.3 Å². The van der Waals surface area contributed by atoms with Crippen molar-refractivity contribution in [3.05, 3.63) is 29.8 Å². The molecule has 0 saturated heterocycles. The number of unbranched alkanes of at least 4 members (excludes halogenated alkanes) is 1. The van der Waals surface area contributed by atoms with Crippen molar-refractivity contribution >= 4 is 14.0 Å². The lowest BCUT2D eigenvalue weighted by atomic mass is 10.1. The molecule has 0 saturated carbocycles. The lowest BCUT2D eigenvalue weighted by molar-refractivity contribution is 0.140. The minimum Gasteiger partial charge on any atom is -0.373 e. The van der Waals surface area contributed by atoms with Gasteiger partial charge in [0.2, 0.25) is 0 Å². The molecule has 1 aromatic carbocycles. The summed E-state index contributed by atoms with van der Waals surface area (Å²) in [5.74, 6) is 0. The lowest BCUT2D eigenvalue weighted by Gasteiger charge is -2.26. The summed E-state index contributed by atoms with van der Waals surface area (Å²) in [6, 6.07) is 8.23. The highest BCUT2D eigenvalue weighted by atomic mass is 28.4. The van der Waals surface area contributed by atoms with E-state index >= 15 is 0 Å². The second-order valence-corrected chi connectivity index (χ2v) is 6.81. The molecule has 4 heteroatoms. The van der Waals surface area contributed by atoms with Crippen molar-refractivity contribution in [2.75, 3.05) is 21.3 Å². The van der Waals surface area contributed by atoms with Crippen molar-refractivity contribution in [2.45, 2.75) is 26.2 Å². The molecule has 0 spiro atoms. The fourth-order valence-corrected chi connectivity index (χ4v) is 4.05. The van der Waals surface area contributed by atoms with Crippen LogP contribution in [0.2, 0.25) is 0 Å². The van der Waals surface area contributed by atoms with Crippen LogP contribution in [0, 0.1) is 0 Å². The highest BCUT2D eigenvalue weighted by Crippen LogP contribution is 2.12. The Hall–Kier alpha value is -0.683. The van der Waals surface area contributed by atoms with Crippen LogP contribution >= 0.6 is 0 Å². The molecule has 96 valence electrons. The van der Waals surface area contributed by atoms with Gasteiger partial charge in [-0.1, -0.05) is 37.6 Å². The Morgan fingerprint density at radius 2 is 1.59 bits per heavy atom. The average Bonchev–Trinajstić information content (AvgIpc) is 2.40. The maximum absolute atomic E-state index is 5.54. The van der Waals surface area contributed by atoms with Gasteiger partial charge < -0.3 is 13.3 Å². The first-order valence-electron chi connectivity index (χ1n) is 5.98. The van der Waals surface area contributed by atoms with E-state index in [9.17, 15) is 0 Å². The van der Waals surface area contributed by atoms with Crippen LogP contribution in [0.4, 0.5) is 0 Å². The van der Waals surface area contributed by atoms with Crippen molar-refractivity contribution in [1.29, 1.82) is 0 Å². The van der Waals surface area contributed by atoms with Crippen molar-refractivity contribution in [1.82, 2.24) is 0 Å². The second kappa shape index (κ2) is 6.91. The maximum atomic E-state index is 5.54. The molecule has 0 amide bonds. The van der Waals surface area contributed by atoms with Gasteiger partial charge >= 0.3 is 8.80 Å². The Morgan fingerprint density at radius 3 is 2.12 bits per heavy atom. The molecular weight excluding hydrogens is 232 g/mol. The van der Waals surface area contributed by atoms with Crippen LogP contribution < -0.4 is 5.19 Å². The Morgan fingerprint density at radius 1 is 1.00 bits per heavy atom. The fraction of sp³-hybridized carbons (Fsp3) is 0.538. The molecule has 0 aliphatic carbocycles. The normalized spacial score (nSPS) is 11.8. The standard InChI is InChI=1S/C13H22O3Si/c1-5-6-9-12-10-7-8-11-13(12)17(14-2,15-3)16-4/h7-8,10-11H,5-6,9H2,1-4H3. The van der Waals surface area contributed by atoms with Crippen LogP contribution in [0.3, 0.4) is 0 Å². The first kappa shape index (κ1) is 14.4. The van der Waals surface area contributed by atoms with Crippen molar-refractivity contribution in [2.24, 2.45) is 0 Å². The van der Waals surface area contributed by atoms with Gasteiger partial charge in [0.05, 0.1) is 0 Å². The van der Waals surface area contributed by atoms with Gasteiger partial charge in [-0.2, -0.15) is 0 Å². The van der Waals surface area contributed by atoms with Gasteiger partial charge in [0.25, 0.3) is 0 Å². The van der Waals surface area contributed by atoms with Gasteiger partial charge in [-0.15, -0.1) is 0 Å². The molecule has 0 fully saturated rings. The summed E-state index contributed by atoms with van der Waals surface area (Å²) in [4.78, 5) is 0. The van der Waals surface area contributed by atoms with Crippen LogP contribution in [-0.2, 0) is 19.7 Å². The zero-order chi connectivity index (χ0) is 12.7. The Bertz CT molecular complexity index is 329. The molecule has 3 nitrogen and oxygen atoms in total. The van der Waals surface area contributed by atoms with E-state index < -0.39 is 8.80 Å². The summed E-state index contributed by atoms with van der Waals surface area (Å²) in [6.07, 6.45) is 3.38. The van der Waals surface area contributed by atoms with Gasteiger partial charge in [0, 0.05) is 26.5 Å². The predicted molar refractivity (Wildman–Crippen MR) is 71.5 cm³/mol. The number of hydrogen-bond donors (Lipinski definition) is 0. The zero-order valence-corrected chi connectivity index (χ0v) is 12.2. The van der Waals surface area contributed by atoms with Crippen LogP contribution in [0.15, 0.2) is 24.3 Å². The first-order valence-corrected chi connectivity index (χ1v) is 7.70. The summed E-state index contributed by atoms with van der Waals surface area (Å²) >= 11 is 0. The number of rotatable bonds is 7. The predicted octanol–water partition coefficient (Wildman–Crippen LogP) is 2.11. The number of benzene rings is 1. The van der Waals surface area contributed by atoms with Crippen LogP contribution in [0.25, 0.3) is 0 Å². The molecule has 0 bridgehead atoms. The van der Waals surface area contributed by atoms with Crippen molar-refractivity contribution in [3.8, 4) is 0 Å². The molecule has 0 radical (unpaired) electrons. The fourth-order valence-electron chi connectivity index (χ4n) is 1.98.